The van der Waals surface area contributed by atoms with Crippen molar-refractivity contribution < 1.29 is 4.79 Å². The number of piperidine rings is 1. The first kappa shape index (κ1) is 15.4. The first-order valence-corrected chi connectivity index (χ1v) is 7.00. The number of nitrogens with one attached hydrogen (secondary N) is 1. The molecule has 1 aliphatic rings. The molecule has 4 nitrogen and oxygen atoms in total. The lowest BCUT2D eigenvalue weighted by Crippen LogP contribution is -2.42. The third-order valence-electron chi connectivity index (χ3n) is 3.94. The molecule has 1 aliphatic heterocycles. The van der Waals surface area contributed by atoms with Crippen LogP contribution < -0.4 is 11.1 Å². The molecule has 1 rings (SSSR count). The van der Waals surface area contributed by atoms with Gasteiger partial charge in [-0.05, 0) is 44.3 Å². The van der Waals surface area contributed by atoms with Gasteiger partial charge in [-0.25, -0.2) is 0 Å². The molecule has 0 saturated carbocycles. The van der Waals surface area contributed by atoms with Crippen LogP contribution in [-0.2, 0) is 4.79 Å². The summed E-state index contributed by atoms with van der Waals surface area (Å²) in [6.07, 6.45) is 2.79. The Morgan fingerprint density at radius 2 is 1.94 bits per heavy atom. The first-order valence-electron chi connectivity index (χ1n) is 7.00. The van der Waals surface area contributed by atoms with E-state index in [1.165, 1.54) is 12.8 Å². The van der Waals surface area contributed by atoms with Crippen LogP contribution in [0.3, 0.4) is 0 Å². The molecule has 0 bridgehead atoms. The van der Waals surface area contributed by atoms with Gasteiger partial charge in [0.05, 0.1) is 0 Å². The van der Waals surface area contributed by atoms with Crippen LogP contribution >= 0.6 is 0 Å². The molecule has 1 unspecified atom stereocenters. The number of likely N-dealkylation sites (tertiary alicyclic amines) is 1. The third-order valence-corrected chi connectivity index (χ3v) is 3.94. The zero-order chi connectivity index (χ0) is 13.8. The maximum Gasteiger partial charge on any atom is 0.221 e. The maximum atomic E-state index is 11.8. The van der Waals surface area contributed by atoms with Crippen LogP contribution in [0.4, 0.5) is 0 Å². The summed E-state index contributed by atoms with van der Waals surface area (Å²) in [6, 6.07) is -0.0741. The zero-order valence-electron chi connectivity index (χ0n) is 12.3. The summed E-state index contributed by atoms with van der Waals surface area (Å²) in [4.78, 5) is 14.1. The highest BCUT2D eigenvalue weighted by Gasteiger charge is 2.23. The number of hydrogen-bond acceptors (Lipinski definition) is 3. The molecule has 1 saturated heterocycles. The molecule has 0 aromatic heterocycles. The molecule has 0 spiro atoms. The van der Waals surface area contributed by atoms with Crippen molar-refractivity contribution in [2.75, 3.05) is 26.7 Å². The smallest absolute Gasteiger partial charge is 0.221 e. The molecule has 0 aromatic carbocycles. The third kappa shape index (κ3) is 5.36. The van der Waals surface area contributed by atoms with E-state index in [0.29, 0.717) is 12.3 Å². The normalized spacial score (nSPS) is 20.7. The van der Waals surface area contributed by atoms with Gasteiger partial charge in [-0.1, -0.05) is 20.8 Å². The number of hydrogen-bond donors (Lipinski definition) is 2. The lowest BCUT2D eigenvalue weighted by atomic mass is 9.85. The van der Waals surface area contributed by atoms with Gasteiger partial charge in [0.2, 0.25) is 5.91 Å². The largest absolute Gasteiger partial charge is 0.356 e. The second-order valence-corrected chi connectivity index (χ2v) is 6.73. The van der Waals surface area contributed by atoms with E-state index in [-0.39, 0.29) is 17.4 Å². The van der Waals surface area contributed by atoms with E-state index < -0.39 is 0 Å². The topological polar surface area (TPSA) is 58.4 Å². The van der Waals surface area contributed by atoms with Gasteiger partial charge in [-0.3, -0.25) is 4.79 Å². The Bertz CT molecular complexity index is 265. The SMILES string of the molecule is CN1CCC(CNC(=O)CC(N)C(C)(C)C)CC1. The summed E-state index contributed by atoms with van der Waals surface area (Å²) < 4.78 is 0. The second-order valence-electron chi connectivity index (χ2n) is 6.73. The number of nitrogens with zero attached hydrogens (tertiary/aromatic N) is 1. The van der Waals surface area contributed by atoms with Crippen molar-refractivity contribution in [3.8, 4) is 0 Å². The fraction of sp³-hybridized carbons (Fsp3) is 0.929. The van der Waals surface area contributed by atoms with Gasteiger partial charge in [-0.15, -0.1) is 0 Å². The van der Waals surface area contributed by atoms with Crippen LogP contribution in [0.15, 0.2) is 0 Å². The van der Waals surface area contributed by atoms with Crippen LogP contribution in [0, 0.1) is 11.3 Å². The molecule has 3 N–H and O–H groups in total. The van der Waals surface area contributed by atoms with E-state index in [0.717, 1.165) is 19.6 Å². The molecule has 4 heteroatoms. The minimum absolute atomic E-state index is 0.00904. The fourth-order valence-electron chi connectivity index (χ4n) is 2.10. The minimum atomic E-state index is -0.0741. The Morgan fingerprint density at radius 1 is 1.39 bits per heavy atom. The Balaban J connectivity index is 2.21. The molecule has 0 aliphatic carbocycles. The monoisotopic (exact) mass is 255 g/mol. The van der Waals surface area contributed by atoms with Crippen LogP contribution in [0.25, 0.3) is 0 Å². The predicted molar refractivity (Wildman–Crippen MR) is 75.3 cm³/mol. The van der Waals surface area contributed by atoms with E-state index in [1.54, 1.807) is 0 Å². The molecule has 1 fully saturated rings. The van der Waals surface area contributed by atoms with Crippen molar-refractivity contribution in [3.63, 3.8) is 0 Å². The maximum absolute atomic E-state index is 11.8. The Kier molecular flexibility index (Phi) is 5.60. The van der Waals surface area contributed by atoms with Crippen LogP contribution in [0.1, 0.15) is 40.0 Å². The molecule has 0 aromatic rings. The summed E-state index contributed by atoms with van der Waals surface area (Å²) in [6.45, 7) is 9.30. The van der Waals surface area contributed by atoms with Crippen molar-refractivity contribution in [2.45, 2.75) is 46.1 Å². The van der Waals surface area contributed by atoms with Gasteiger partial charge < -0.3 is 16.0 Å². The number of nitrogens with two attached hydrogens (primary N) is 1. The molecule has 106 valence electrons. The van der Waals surface area contributed by atoms with Crippen LogP contribution in [0.5, 0.6) is 0 Å². The Hall–Kier alpha value is -0.610. The standard InChI is InChI=1S/C14H29N3O/c1-14(2,3)12(15)9-13(18)16-10-11-5-7-17(4)8-6-11/h11-12H,5-10,15H2,1-4H3,(H,16,18). The van der Waals surface area contributed by atoms with Crippen molar-refractivity contribution in [3.05, 3.63) is 0 Å². The second kappa shape index (κ2) is 6.53. The summed E-state index contributed by atoms with van der Waals surface area (Å²) in [5.41, 5.74) is 6.00. The zero-order valence-corrected chi connectivity index (χ0v) is 12.3. The first-order chi connectivity index (χ1) is 8.29. The van der Waals surface area contributed by atoms with Gasteiger partial charge in [0.25, 0.3) is 0 Å². The molecule has 0 radical (unpaired) electrons. The van der Waals surface area contributed by atoms with Crippen LogP contribution in [-0.4, -0.2) is 43.5 Å². The average molecular weight is 255 g/mol. The van der Waals surface area contributed by atoms with Crippen molar-refractivity contribution in [2.24, 2.45) is 17.1 Å². The summed E-state index contributed by atoms with van der Waals surface area (Å²) in [5.74, 6) is 0.729. The van der Waals surface area contributed by atoms with Gasteiger partial charge in [0.15, 0.2) is 0 Å². The van der Waals surface area contributed by atoms with E-state index in [9.17, 15) is 4.79 Å². The van der Waals surface area contributed by atoms with E-state index in [1.807, 2.05) is 0 Å². The summed E-state index contributed by atoms with van der Waals surface area (Å²) in [7, 11) is 2.15. The number of rotatable bonds is 4. The molecule has 1 atom stereocenters. The van der Waals surface area contributed by atoms with Crippen molar-refractivity contribution in [1.82, 2.24) is 10.2 Å². The van der Waals surface area contributed by atoms with Crippen molar-refractivity contribution in [1.29, 1.82) is 0 Å². The van der Waals surface area contributed by atoms with Gasteiger partial charge in [-0.2, -0.15) is 0 Å². The lowest BCUT2D eigenvalue weighted by Gasteiger charge is -2.30. The fourth-order valence-corrected chi connectivity index (χ4v) is 2.10. The highest BCUT2D eigenvalue weighted by molar-refractivity contribution is 5.76. The van der Waals surface area contributed by atoms with Crippen molar-refractivity contribution >= 4 is 5.91 Å². The predicted octanol–water partition coefficient (Wildman–Crippen LogP) is 1.21. The Labute approximate surface area is 111 Å². The minimum Gasteiger partial charge on any atom is -0.356 e. The van der Waals surface area contributed by atoms with E-state index in [2.05, 4.69) is 38.0 Å². The number of carbonyl (C=O) groups is 1. The highest BCUT2D eigenvalue weighted by Crippen LogP contribution is 2.19. The van der Waals surface area contributed by atoms with Gasteiger partial charge >= 0.3 is 0 Å². The Morgan fingerprint density at radius 3 is 2.44 bits per heavy atom. The van der Waals surface area contributed by atoms with Gasteiger partial charge in [0.1, 0.15) is 0 Å². The molecule has 18 heavy (non-hydrogen) atoms. The molecule has 1 amide bonds. The van der Waals surface area contributed by atoms with E-state index in [4.69, 9.17) is 5.73 Å². The summed E-state index contributed by atoms with van der Waals surface area (Å²) >= 11 is 0. The highest BCUT2D eigenvalue weighted by atomic mass is 16.1. The molecular weight excluding hydrogens is 226 g/mol. The molecule has 1 heterocycles. The number of amides is 1. The number of carbonyl (C=O) groups excluding carboxylic acids is 1. The lowest BCUT2D eigenvalue weighted by molar-refractivity contribution is -0.122. The van der Waals surface area contributed by atoms with E-state index >= 15 is 0 Å². The summed E-state index contributed by atoms with van der Waals surface area (Å²) in [5, 5.41) is 3.03. The quantitative estimate of drug-likeness (QED) is 0.794. The van der Waals surface area contributed by atoms with Crippen LogP contribution in [0.2, 0.25) is 0 Å². The average Bonchev–Trinajstić information content (AvgIpc) is 2.27. The van der Waals surface area contributed by atoms with Gasteiger partial charge in [0, 0.05) is 19.0 Å². The molecular formula is C14H29N3O.